The topological polar surface area (TPSA) is 46.5 Å². The number of rotatable bonds is 13. The zero-order valence-corrected chi connectivity index (χ0v) is 13.3. The molecule has 0 rings (SSSR count). The summed E-state index contributed by atoms with van der Waals surface area (Å²) in [5.41, 5.74) is 0. The number of allylic oxidation sites excluding steroid dienone is 1. The molecule has 0 atom stereocenters. The van der Waals surface area contributed by atoms with E-state index in [9.17, 15) is 9.90 Å². The minimum atomic E-state index is -0.612. The van der Waals surface area contributed by atoms with E-state index in [0.29, 0.717) is 6.61 Å². The zero-order valence-electron chi connectivity index (χ0n) is 13.3. The largest absolute Gasteiger partial charge is 0.502 e. The lowest BCUT2D eigenvalue weighted by molar-refractivity contribution is -0.141. The summed E-state index contributed by atoms with van der Waals surface area (Å²) in [6, 6.07) is 0. The van der Waals surface area contributed by atoms with E-state index in [4.69, 9.17) is 4.74 Å². The maximum absolute atomic E-state index is 11.1. The number of unbranched alkanes of at least 4 members (excludes halogenated alkanes) is 10. The van der Waals surface area contributed by atoms with E-state index in [2.05, 4.69) is 6.92 Å². The number of hydrogen-bond acceptors (Lipinski definition) is 3. The number of esters is 1. The van der Waals surface area contributed by atoms with Crippen molar-refractivity contribution in [3.63, 3.8) is 0 Å². The van der Waals surface area contributed by atoms with Crippen molar-refractivity contribution in [3.05, 3.63) is 11.8 Å². The van der Waals surface area contributed by atoms with Gasteiger partial charge in [-0.2, -0.15) is 0 Å². The van der Waals surface area contributed by atoms with Crippen molar-refractivity contribution in [1.82, 2.24) is 0 Å². The van der Waals surface area contributed by atoms with Gasteiger partial charge in [-0.25, -0.2) is 4.79 Å². The maximum Gasteiger partial charge on any atom is 0.373 e. The predicted octanol–water partition coefficient (Wildman–Crippen LogP) is 5.30. The highest BCUT2D eigenvalue weighted by molar-refractivity contribution is 5.85. The van der Waals surface area contributed by atoms with E-state index >= 15 is 0 Å². The monoisotopic (exact) mass is 284 g/mol. The Bertz CT molecular complexity index is 259. The molecule has 0 aromatic carbocycles. The zero-order chi connectivity index (χ0) is 15.1. The highest BCUT2D eigenvalue weighted by Crippen LogP contribution is 2.11. The number of carbonyl (C=O) groups is 1. The molecule has 0 spiro atoms. The van der Waals surface area contributed by atoms with Crippen LogP contribution in [0.1, 0.15) is 84.5 Å². The Labute approximate surface area is 124 Å². The lowest BCUT2D eigenvalue weighted by Crippen LogP contribution is -2.06. The predicted molar refractivity (Wildman–Crippen MR) is 83.8 cm³/mol. The number of aliphatic hydroxyl groups is 1. The van der Waals surface area contributed by atoms with E-state index in [1.807, 2.05) is 0 Å². The average molecular weight is 284 g/mol. The minimum Gasteiger partial charge on any atom is -0.502 e. The molecule has 0 aromatic heterocycles. The Balaban J connectivity index is 3.31. The van der Waals surface area contributed by atoms with Gasteiger partial charge in [0.25, 0.3) is 0 Å². The quantitative estimate of drug-likeness (QED) is 0.216. The third-order valence-corrected chi connectivity index (χ3v) is 3.38. The SMILES string of the molecule is CCCCCCCCCCCCC=C(O)C(=O)OCC. The van der Waals surface area contributed by atoms with Crippen LogP contribution in [0.2, 0.25) is 0 Å². The van der Waals surface area contributed by atoms with Gasteiger partial charge >= 0.3 is 5.97 Å². The molecule has 20 heavy (non-hydrogen) atoms. The third-order valence-electron chi connectivity index (χ3n) is 3.38. The van der Waals surface area contributed by atoms with Gasteiger partial charge in [-0.1, -0.05) is 64.7 Å². The van der Waals surface area contributed by atoms with E-state index in [0.717, 1.165) is 12.8 Å². The molecule has 0 aliphatic carbocycles. The van der Waals surface area contributed by atoms with Crippen LogP contribution in [0.25, 0.3) is 0 Å². The fraction of sp³-hybridized carbons (Fsp3) is 0.824. The van der Waals surface area contributed by atoms with Gasteiger partial charge in [0, 0.05) is 0 Å². The Kier molecular flexibility index (Phi) is 13.7. The Morgan fingerprint density at radius 1 is 0.900 bits per heavy atom. The van der Waals surface area contributed by atoms with Gasteiger partial charge in [0.05, 0.1) is 6.61 Å². The molecule has 1 N–H and O–H groups in total. The van der Waals surface area contributed by atoms with Gasteiger partial charge in [-0.15, -0.1) is 0 Å². The molecule has 0 heterocycles. The maximum atomic E-state index is 11.1. The molecule has 0 aliphatic rings. The van der Waals surface area contributed by atoms with Crippen LogP contribution in [-0.4, -0.2) is 17.7 Å². The first-order valence-electron chi connectivity index (χ1n) is 8.28. The number of aliphatic hydroxyl groups excluding tert-OH is 1. The van der Waals surface area contributed by atoms with Crippen molar-refractivity contribution in [3.8, 4) is 0 Å². The molecular weight excluding hydrogens is 252 g/mol. The summed E-state index contributed by atoms with van der Waals surface area (Å²) in [5, 5.41) is 9.38. The summed E-state index contributed by atoms with van der Waals surface area (Å²) in [7, 11) is 0. The smallest absolute Gasteiger partial charge is 0.373 e. The average Bonchev–Trinajstić information content (AvgIpc) is 2.44. The van der Waals surface area contributed by atoms with Gasteiger partial charge in [0.1, 0.15) is 0 Å². The Hall–Kier alpha value is -0.990. The van der Waals surface area contributed by atoms with Crippen LogP contribution in [0.5, 0.6) is 0 Å². The molecule has 0 saturated carbocycles. The minimum absolute atomic E-state index is 0.247. The normalized spacial score (nSPS) is 11.6. The Morgan fingerprint density at radius 3 is 1.90 bits per heavy atom. The fourth-order valence-electron chi connectivity index (χ4n) is 2.16. The van der Waals surface area contributed by atoms with Gasteiger partial charge < -0.3 is 9.84 Å². The van der Waals surface area contributed by atoms with Crippen LogP contribution in [0.15, 0.2) is 11.8 Å². The highest BCUT2D eigenvalue weighted by Gasteiger charge is 2.06. The van der Waals surface area contributed by atoms with E-state index in [1.165, 1.54) is 57.8 Å². The molecular formula is C17H32O3. The van der Waals surface area contributed by atoms with Crippen LogP contribution in [-0.2, 0) is 9.53 Å². The van der Waals surface area contributed by atoms with Gasteiger partial charge in [0.2, 0.25) is 0 Å². The van der Waals surface area contributed by atoms with Crippen molar-refractivity contribution in [2.75, 3.05) is 6.61 Å². The standard InChI is InChI=1S/C17H32O3/c1-3-5-6-7-8-9-10-11-12-13-14-15-16(18)17(19)20-4-2/h15,18H,3-14H2,1-2H3. The van der Waals surface area contributed by atoms with Crippen LogP contribution < -0.4 is 0 Å². The van der Waals surface area contributed by atoms with Crippen LogP contribution in [0.4, 0.5) is 0 Å². The molecule has 0 unspecified atom stereocenters. The van der Waals surface area contributed by atoms with E-state index in [-0.39, 0.29) is 5.76 Å². The van der Waals surface area contributed by atoms with Gasteiger partial charge in [0.15, 0.2) is 5.76 Å². The lowest BCUT2D eigenvalue weighted by atomic mass is 10.1. The summed E-state index contributed by atoms with van der Waals surface area (Å²) in [4.78, 5) is 11.1. The van der Waals surface area contributed by atoms with Crippen molar-refractivity contribution < 1.29 is 14.6 Å². The second kappa shape index (κ2) is 14.4. The molecule has 3 nitrogen and oxygen atoms in total. The first-order valence-corrected chi connectivity index (χ1v) is 8.28. The third kappa shape index (κ3) is 12.1. The number of ether oxygens (including phenoxy) is 1. The summed E-state index contributed by atoms with van der Waals surface area (Å²) in [5.74, 6) is -0.859. The fourth-order valence-corrected chi connectivity index (χ4v) is 2.16. The van der Waals surface area contributed by atoms with Crippen molar-refractivity contribution >= 4 is 5.97 Å². The first kappa shape index (κ1) is 19.0. The van der Waals surface area contributed by atoms with Crippen molar-refractivity contribution in [2.45, 2.75) is 84.5 Å². The second-order valence-corrected chi connectivity index (χ2v) is 5.28. The van der Waals surface area contributed by atoms with Crippen molar-refractivity contribution in [2.24, 2.45) is 0 Å². The number of hydrogen-bond donors (Lipinski definition) is 1. The molecule has 0 fully saturated rings. The molecule has 0 bridgehead atoms. The van der Waals surface area contributed by atoms with Crippen LogP contribution >= 0.6 is 0 Å². The molecule has 3 heteroatoms. The molecule has 0 aromatic rings. The summed E-state index contributed by atoms with van der Waals surface area (Å²) in [6.45, 7) is 4.27. The molecule has 0 saturated heterocycles. The van der Waals surface area contributed by atoms with E-state index < -0.39 is 5.97 Å². The highest BCUT2D eigenvalue weighted by atomic mass is 16.5. The van der Waals surface area contributed by atoms with Gasteiger partial charge in [-0.3, -0.25) is 0 Å². The molecule has 0 radical (unpaired) electrons. The summed E-state index contributed by atoms with van der Waals surface area (Å²) in [6.07, 6.45) is 15.2. The van der Waals surface area contributed by atoms with Gasteiger partial charge in [-0.05, 0) is 25.8 Å². The second-order valence-electron chi connectivity index (χ2n) is 5.28. The molecule has 0 amide bonds. The number of carbonyl (C=O) groups excluding carboxylic acids is 1. The van der Waals surface area contributed by atoms with E-state index in [1.54, 1.807) is 13.0 Å². The van der Waals surface area contributed by atoms with Crippen molar-refractivity contribution in [1.29, 1.82) is 0 Å². The van der Waals surface area contributed by atoms with Crippen LogP contribution in [0, 0.1) is 0 Å². The first-order chi connectivity index (χ1) is 9.72. The lowest BCUT2D eigenvalue weighted by Gasteiger charge is -2.02. The van der Waals surface area contributed by atoms with Crippen LogP contribution in [0.3, 0.4) is 0 Å². The Morgan fingerprint density at radius 2 is 1.40 bits per heavy atom. The molecule has 118 valence electrons. The summed E-state index contributed by atoms with van der Waals surface area (Å²) >= 11 is 0. The summed E-state index contributed by atoms with van der Waals surface area (Å²) < 4.78 is 4.70. The molecule has 0 aliphatic heterocycles.